The summed E-state index contributed by atoms with van der Waals surface area (Å²) in [5, 5.41) is 4.98. The van der Waals surface area contributed by atoms with Crippen molar-refractivity contribution in [3.63, 3.8) is 0 Å². The van der Waals surface area contributed by atoms with Crippen LogP contribution in [0.5, 0.6) is 0 Å². The van der Waals surface area contributed by atoms with Crippen LogP contribution in [-0.4, -0.2) is 39.2 Å². The number of fused-ring (bicyclic) bond motifs is 1. The number of benzene rings is 1. The van der Waals surface area contributed by atoms with E-state index in [0.29, 0.717) is 0 Å². The summed E-state index contributed by atoms with van der Waals surface area (Å²) >= 11 is 0. The van der Waals surface area contributed by atoms with Crippen molar-refractivity contribution < 1.29 is 0 Å². The van der Waals surface area contributed by atoms with E-state index >= 15 is 0 Å². The normalized spacial score (nSPS) is 14.6. The smallest absolute Gasteiger partial charge is 0.182 e. The minimum atomic E-state index is -0.175. The van der Waals surface area contributed by atoms with Gasteiger partial charge < -0.3 is 4.90 Å². The van der Waals surface area contributed by atoms with Gasteiger partial charge in [0.05, 0.1) is 29.0 Å². The highest BCUT2D eigenvalue weighted by Crippen LogP contribution is 2.32. The SMILES string of the molecule is CCN(CC)c1ccc(N=C2C(C(C)(C)C)=Nn3c(-c4cccc(C)c4)cnc32)c(C)n1. The molecule has 0 aliphatic carbocycles. The fourth-order valence-corrected chi connectivity index (χ4v) is 3.97. The first kappa shape index (κ1) is 21.9. The highest BCUT2D eigenvalue weighted by molar-refractivity contribution is 6.50. The molecule has 0 amide bonds. The van der Waals surface area contributed by atoms with Crippen molar-refractivity contribution in [1.82, 2.24) is 14.6 Å². The Bertz CT molecular complexity index is 1210. The second-order valence-corrected chi connectivity index (χ2v) is 9.25. The van der Waals surface area contributed by atoms with Gasteiger partial charge in [-0.1, -0.05) is 44.5 Å². The fraction of sp³-hybridized carbons (Fsp3) is 0.385. The number of imidazole rings is 1. The summed E-state index contributed by atoms with van der Waals surface area (Å²) in [5.41, 5.74) is 6.61. The number of anilines is 1. The minimum absolute atomic E-state index is 0.175. The van der Waals surface area contributed by atoms with Gasteiger partial charge in [0, 0.05) is 24.1 Å². The van der Waals surface area contributed by atoms with E-state index in [1.165, 1.54) is 5.56 Å². The van der Waals surface area contributed by atoms with E-state index in [4.69, 9.17) is 20.1 Å². The molecule has 1 aromatic carbocycles. The fourth-order valence-electron chi connectivity index (χ4n) is 3.97. The summed E-state index contributed by atoms with van der Waals surface area (Å²) in [6.07, 6.45) is 1.89. The topological polar surface area (TPSA) is 58.7 Å². The predicted octanol–water partition coefficient (Wildman–Crippen LogP) is 5.79. The Kier molecular flexibility index (Phi) is 5.71. The Hall–Kier alpha value is -3.28. The summed E-state index contributed by atoms with van der Waals surface area (Å²) in [6.45, 7) is 16.7. The zero-order valence-corrected chi connectivity index (χ0v) is 20.1. The van der Waals surface area contributed by atoms with E-state index in [-0.39, 0.29) is 5.41 Å². The molecule has 0 saturated carbocycles. The molecule has 0 spiro atoms. The maximum Gasteiger partial charge on any atom is 0.182 e. The van der Waals surface area contributed by atoms with Crippen LogP contribution in [0.2, 0.25) is 0 Å². The molecule has 0 N–H and O–H groups in total. The third-order valence-electron chi connectivity index (χ3n) is 5.76. The van der Waals surface area contributed by atoms with Gasteiger partial charge in [0.2, 0.25) is 0 Å². The van der Waals surface area contributed by atoms with Gasteiger partial charge in [-0.3, -0.25) is 0 Å². The Balaban J connectivity index is 1.82. The van der Waals surface area contributed by atoms with Crippen LogP contribution in [0.1, 0.15) is 51.7 Å². The van der Waals surface area contributed by atoms with Crippen molar-refractivity contribution in [3.8, 4) is 11.3 Å². The Morgan fingerprint density at radius 2 is 1.78 bits per heavy atom. The largest absolute Gasteiger partial charge is 0.357 e. The molecule has 6 heteroatoms. The number of hydrogen-bond donors (Lipinski definition) is 0. The van der Waals surface area contributed by atoms with Crippen LogP contribution in [0, 0.1) is 19.3 Å². The third-order valence-corrected chi connectivity index (χ3v) is 5.76. The summed E-state index contributed by atoms with van der Waals surface area (Å²) in [4.78, 5) is 16.8. The second-order valence-electron chi connectivity index (χ2n) is 9.25. The van der Waals surface area contributed by atoms with Crippen LogP contribution < -0.4 is 4.90 Å². The quantitative estimate of drug-likeness (QED) is 0.516. The van der Waals surface area contributed by atoms with Gasteiger partial charge in [-0.25, -0.2) is 19.6 Å². The van der Waals surface area contributed by atoms with Crippen molar-refractivity contribution in [2.24, 2.45) is 15.5 Å². The van der Waals surface area contributed by atoms with Gasteiger partial charge >= 0.3 is 0 Å². The van der Waals surface area contributed by atoms with Crippen molar-refractivity contribution >= 4 is 22.9 Å². The van der Waals surface area contributed by atoms with Crippen molar-refractivity contribution in [2.45, 2.75) is 48.5 Å². The first-order valence-electron chi connectivity index (χ1n) is 11.3. The molecular formula is C26H32N6. The zero-order valence-electron chi connectivity index (χ0n) is 20.1. The highest BCUT2D eigenvalue weighted by Gasteiger charge is 2.34. The summed E-state index contributed by atoms with van der Waals surface area (Å²) in [5.74, 6) is 1.76. The Morgan fingerprint density at radius 1 is 1.03 bits per heavy atom. The molecule has 0 saturated heterocycles. The number of rotatable bonds is 5. The summed E-state index contributed by atoms with van der Waals surface area (Å²) < 4.78 is 1.93. The number of aromatic nitrogens is 3. The molecule has 0 atom stereocenters. The maximum absolute atomic E-state index is 5.05. The van der Waals surface area contributed by atoms with E-state index in [2.05, 4.69) is 76.8 Å². The number of hydrogen-bond acceptors (Lipinski definition) is 5. The molecule has 2 aromatic heterocycles. The molecule has 32 heavy (non-hydrogen) atoms. The number of nitrogens with zero attached hydrogens (tertiary/aromatic N) is 6. The lowest BCUT2D eigenvalue weighted by Crippen LogP contribution is -2.27. The molecule has 4 rings (SSSR count). The van der Waals surface area contributed by atoms with Crippen LogP contribution in [-0.2, 0) is 0 Å². The summed E-state index contributed by atoms with van der Waals surface area (Å²) in [6, 6.07) is 12.5. The average Bonchev–Trinajstić information content (AvgIpc) is 3.31. The first-order valence-corrected chi connectivity index (χ1v) is 11.3. The van der Waals surface area contributed by atoms with Gasteiger partial charge in [-0.2, -0.15) is 5.10 Å². The molecule has 1 aliphatic heterocycles. The van der Waals surface area contributed by atoms with Crippen LogP contribution in [0.15, 0.2) is 52.7 Å². The van der Waals surface area contributed by atoms with Crippen LogP contribution >= 0.6 is 0 Å². The molecule has 0 unspecified atom stereocenters. The van der Waals surface area contributed by atoms with Crippen molar-refractivity contribution in [3.05, 3.63) is 59.7 Å². The molecule has 3 heterocycles. The van der Waals surface area contributed by atoms with E-state index in [1.54, 1.807) is 0 Å². The Labute approximate surface area is 190 Å². The van der Waals surface area contributed by atoms with E-state index in [1.807, 2.05) is 23.9 Å². The maximum atomic E-state index is 5.05. The lowest BCUT2D eigenvalue weighted by molar-refractivity contribution is 0.594. The molecule has 0 fully saturated rings. The molecular weight excluding hydrogens is 396 g/mol. The molecule has 0 radical (unpaired) electrons. The zero-order chi connectivity index (χ0) is 23.0. The Morgan fingerprint density at radius 3 is 2.41 bits per heavy atom. The van der Waals surface area contributed by atoms with Crippen LogP contribution in [0.3, 0.4) is 0 Å². The van der Waals surface area contributed by atoms with Gasteiger partial charge in [0.1, 0.15) is 11.5 Å². The van der Waals surface area contributed by atoms with Gasteiger partial charge in [-0.05, 0) is 45.9 Å². The lowest BCUT2D eigenvalue weighted by atomic mass is 9.87. The van der Waals surface area contributed by atoms with Gasteiger partial charge in [-0.15, -0.1) is 0 Å². The van der Waals surface area contributed by atoms with E-state index in [9.17, 15) is 0 Å². The predicted molar refractivity (Wildman–Crippen MR) is 133 cm³/mol. The molecule has 1 aliphatic rings. The number of pyridine rings is 1. The van der Waals surface area contributed by atoms with Crippen LogP contribution in [0.25, 0.3) is 11.3 Å². The molecule has 6 nitrogen and oxygen atoms in total. The standard InChI is InChI=1S/C26H32N6/c1-8-31(9-2)22-14-13-20(18(4)28-22)29-23-24(26(5,6)7)30-32-21(16-27-25(23)32)19-12-10-11-17(3)15-19/h10-16H,8-9H2,1-7H3. The molecule has 3 aromatic rings. The third kappa shape index (κ3) is 3.97. The summed E-state index contributed by atoms with van der Waals surface area (Å²) in [7, 11) is 0. The first-order chi connectivity index (χ1) is 15.2. The van der Waals surface area contributed by atoms with Crippen molar-refractivity contribution in [2.75, 3.05) is 18.0 Å². The van der Waals surface area contributed by atoms with Crippen LogP contribution in [0.4, 0.5) is 11.5 Å². The van der Waals surface area contributed by atoms with Gasteiger partial charge in [0.25, 0.3) is 0 Å². The highest BCUT2D eigenvalue weighted by atomic mass is 15.4. The monoisotopic (exact) mass is 428 g/mol. The molecule has 166 valence electrons. The van der Waals surface area contributed by atoms with E-state index < -0.39 is 0 Å². The average molecular weight is 429 g/mol. The number of aryl methyl sites for hydroxylation is 2. The second kappa shape index (κ2) is 8.34. The minimum Gasteiger partial charge on any atom is -0.357 e. The van der Waals surface area contributed by atoms with Crippen molar-refractivity contribution in [1.29, 1.82) is 0 Å². The van der Waals surface area contributed by atoms with E-state index in [0.717, 1.165) is 58.8 Å². The molecule has 0 bridgehead atoms. The lowest BCUT2D eigenvalue weighted by Gasteiger charge is -2.21. The van der Waals surface area contributed by atoms with Gasteiger partial charge in [0.15, 0.2) is 5.82 Å². The number of aliphatic imine (C=N–C) groups is 1.